The number of hydrogen-bond acceptors (Lipinski definition) is 5. The number of nitrogens with one attached hydrogen (secondary N) is 1. The number of imidazole rings is 1. The summed E-state index contributed by atoms with van der Waals surface area (Å²) >= 11 is 0. The molecule has 1 aromatic heterocycles. The Morgan fingerprint density at radius 1 is 1.14 bits per heavy atom. The molecule has 1 N–H and O–H groups in total. The van der Waals surface area contributed by atoms with Gasteiger partial charge in [-0.05, 0) is 62.7 Å². The van der Waals surface area contributed by atoms with Crippen molar-refractivity contribution in [2.75, 3.05) is 11.9 Å². The van der Waals surface area contributed by atoms with Gasteiger partial charge in [0, 0.05) is 29.3 Å². The molecule has 1 saturated heterocycles. The fourth-order valence-electron chi connectivity index (χ4n) is 4.94. The van der Waals surface area contributed by atoms with Crippen LogP contribution in [0.15, 0.2) is 53.6 Å². The largest absolute Gasteiger partial charge is 0.352 e. The Hall–Kier alpha value is -3.39. The van der Waals surface area contributed by atoms with E-state index in [2.05, 4.69) is 57.7 Å². The smallest absolute Gasteiger partial charge is 0.139 e. The molecule has 35 heavy (non-hydrogen) atoms. The predicted molar refractivity (Wildman–Crippen MR) is 134 cm³/mol. The van der Waals surface area contributed by atoms with Gasteiger partial charge >= 0.3 is 0 Å². The zero-order valence-corrected chi connectivity index (χ0v) is 20.7. The number of aryl methyl sites for hydroxylation is 1. The van der Waals surface area contributed by atoms with Crippen molar-refractivity contribution in [1.82, 2.24) is 14.5 Å². The Morgan fingerprint density at radius 2 is 1.83 bits per heavy atom. The molecule has 0 spiro atoms. The summed E-state index contributed by atoms with van der Waals surface area (Å²) in [5, 5.41) is 7.51. The summed E-state index contributed by atoms with van der Waals surface area (Å²) in [5.41, 5.74) is 11.6. The molecular weight excluding hydrogens is 445 g/mol. The highest BCUT2D eigenvalue weighted by atomic mass is 19.1. The summed E-state index contributed by atoms with van der Waals surface area (Å²) in [5.74, 6) is 1.50. The standard InChI is InChI=1S/C26H30FN7O/c1-16-6-12-19(13-7-16)29-22-20(17-8-10-18(27)11-9-17)30-24-26(4,5)34(15-14-33(22)24)23-21(35-23)25(2,3)31-32-28/h6-13,21,23,29H,14-15H2,1-5H3. The Bertz CT molecular complexity index is 1290. The summed E-state index contributed by atoms with van der Waals surface area (Å²) in [6, 6.07) is 14.7. The van der Waals surface area contributed by atoms with E-state index in [4.69, 9.17) is 15.3 Å². The van der Waals surface area contributed by atoms with E-state index in [0.29, 0.717) is 6.54 Å². The number of halogens is 1. The lowest BCUT2D eigenvalue weighted by Crippen LogP contribution is -2.52. The molecule has 3 aromatic rings. The zero-order chi connectivity index (χ0) is 25.0. The first-order chi connectivity index (χ1) is 16.6. The van der Waals surface area contributed by atoms with Gasteiger partial charge in [-0.25, -0.2) is 9.37 Å². The Balaban J connectivity index is 1.55. The van der Waals surface area contributed by atoms with Crippen LogP contribution in [-0.4, -0.2) is 38.9 Å². The highest BCUT2D eigenvalue weighted by Crippen LogP contribution is 2.46. The molecule has 0 bridgehead atoms. The molecule has 0 amide bonds. The topological polar surface area (TPSA) is 94.4 Å². The molecule has 182 valence electrons. The maximum absolute atomic E-state index is 13.7. The number of rotatable bonds is 6. The maximum Gasteiger partial charge on any atom is 0.139 e. The molecule has 8 nitrogen and oxygen atoms in total. The van der Waals surface area contributed by atoms with Crippen LogP contribution in [0.4, 0.5) is 15.9 Å². The SMILES string of the molecule is Cc1ccc(Nc2c(-c3ccc(F)cc3)nc3n2CCN(C2OC2C(C)(C)N=[N+]=[N-])C3(C)C)cc1. The van der Waals surface area contributed by atoms with Crippen LogP contribution >= 0.6 is 0 Å². The zero-order valence-electron chi connectivity index (χ0n) is 20.7. The summed E-state index contributed by atoms with van der Waals surface area (Å²) in [6.07, 6.45) is -0.334. The van der Waals surface area contributed by atoms with Crippen molar-refractivity contribution in [1.29, 1.82) is 0 Å². The second-order valence-electron chi connectivity index (χ2n) is 10.3. The lowest BCUT2D eigenvalue weighted by atomic mass is 9.95. The third kappa shape index (κ3) is 4.16. The summed E-state index contributed by atoms with van der Waals surface area (Å²) in [6.45, 7) is 11.6. The van der Waals surface area contributed by atoms with Crippen molar-refractivity contribution < 1.29 is 9.13 Å². The van der Waals surface area contributed by atoms with E-state index in [-0.39, 0.29) is 18.1 Å². The van der Waals surface area contributed by atoms with Gasteiger partial charge in [0.2, 0.25) is 0 Å². The number of fused-ring (bicyclic) bond motifs is 1. The average molecular weight is 476 g/mol. The quantitative estimate of drug-likeness (QED) is 0.202. The minimum absolute atomic E-state index is 0.154. The maximum atomic E-state index is 13.7. The van der Waals surface area contributed by atoms with Crippen molar-refractivity contribution in [2.24, 2.45) is 5.11 Å². The molecule has 2 aliphatic heterocycles. The van der Waals surface area contributed by atoms with Crippen LogP contribution in [0.5, 0.6) is 0 Å². The Kier molecular flexibility index (Phi) is 5.59. The summed E-state index contributed by atoms with van der Waals surface area (Å²) in [4.78, 5) is 10.4. The van der Waals surface area contributed by atoms with Gasteiger partial charge in [-0.1, -0.05) is 36.7 Å². The highest BCUT2D eigenvalue weighted by molar-refractivity contribution is 5.77. The second kappa shape index (κ2) is 8.37. The highest BCUT2D eigenvalue weighted by Gasteiger charge is 2.57. The molecule has 2 aliphatic rings. The molecule has 2 aromatic carbocycles. The van der Waals surface area contributed by atoms with E-state index in [0.717, 1.165) is 35.1 Å². The Labute approximate surface area is 204 Å². The molecule has 5 rings (SSSR count). The van der Waals surface area contributed by atoms with Crippen molar-refractivity contribution in [3.63, 3.8) is 0 Å². The molecule has 2 atom stereocenters. The van der Waals surface area contributed by atoms with Crippen LogP contribution in [0.25, 0.3) is 21.7 Å². The lowest BCUT2D eigenvalue weighted by molar-refractivity contribution is 0.0316. The van der Waals surface area contributed by atoms with Gasteiger partial charge in [0.1, 0.15) is 35.5 Å². The fourth-order valence-corrected chi connectivity index (χ4v) is 4.94. The fraction of sp³-hybridized carbons (Fsp3) is 0.423. The molecule has 3 heterocycles. The van der Waals surface area contributed by atoms with Crippen LogP contribution in [-0.2, 0) is 16.8 Å². The molecule has 2 unspecified atom stereocenters. The number of aromatic nitrogens is 2. The molecule has 0 aliphatic carbocycles. The van der Waals surface area contributed by atoms with Crippen LogP contribution in [0.1, 0.15) is 39.1 Å². The van der Waals surface area contributed by atoms with Crippen LogP contribution in [0, 0.1) is 12.7 Å². The number of hydrogen-bond donors (Lipinski definition) is 1. The van der Waals surface area contributed by atoms with E-state index in [1.165, 1.54) is 17.7 Å². The number of ether oxygens (including phenoxy) is 1. The molecule has 9 heteroatoms. The molecule has 0 radical (unpaired) electrons. The van der Waals surface area contributed by atoms with Gasteiger partial charge in [0.25, 0.3) is 0 Å². The minimum Gasteiger partial charge on any atom is -0.352 e. The lowest BCUT2D eigenvalue weighted by Gasteiger charge is -2.42. The van der Waals surface area contributed by atoms with Crippen LogP contribution < -0.4 is 5.32 Å². The third-order valence-electron chi connectivity index (χ3n) is 7.00. The molecule has 1 fully saturated rings. The van der Waals surface area contributed by atoms with Gasteiger partial charge in [-0.2, -0.15) is 0 Å². The first kappa shape index (κ1) is 23.4. The van der Waals surface area contributed by atoms with Gasteiger partial charge in [-0.15, -0.1) is 0 Å². The van der Waals surface area contributed by atoms with Gasteiger partial charge in [0.15, 0.2) is 0 Å². The van der Waals surface area contributed by atoms with Gasteiger partial charge < -0.3 is 14.6 Å². The normalized spacial score (nSPS) is 21.2. The number of benzene rings is 2. The monoisotopic (exact) mass is 475 g/mol. The number of azide groups is 1. The first-order valence-corrected chi connectivity index (χ1v) is 11.8. The van der Waals surface area contributed by atoms with Crippen molar-refractivity contribution in [3.05, 3.63) is 76.2 Å². The predicted octanol–water partition coefficient (Wildman–Crippen LogP) is 6.11. The van der Waals surface area contributed by atoms with Gasteiger partial charge in [0.05, 0.1) is 11.1 Å². The van der Waals surface area contributed by atoms with E-state index < -0.39 is 11.1 Å². The van der Waals surface area contributed by atoms with Gasteiger partial charge in [-0.3, -0.25) is 4.90 Å². The average Bonchev–Trinajstić information content (AvgIpc) is 3.52. The summed E-state index contributed by atoms with van der Waals surface area (Å²) in [7, 11) is 0. The van der Waals surface area contributed by atoms with Crippen LogP contribution in [0.3, 0.4) is 0 Å². The van der Waals surface area contributed by atoms with Crippen molar-refractivity contribution in [2.45, 2.75) is 64.6 Å². The van der Waals surface area contributed by atoms with Crippen molar-refractivity contribution >= 4 is 11.5 Å². The second-order valence-corrected chi connectivity index (χ2v) is 10.3. The van der Waals surface area contributed by atoms with Crippen molar-refractivity contribution in [3.8, 4) is 11.3 Å². The molecule has 0 saturated carbocycles. The van der Waals surface area contributed by atoms with E-state index >= 15 is 0 Å². The van der Waals surface area contributed by atoms with E-state index in [9.17, 15) is 4.39 Å². The third-order valence-corrected chi connectivity index (χ3v) is 7.00. The first-order valence-electron chi connectivity index (χ1n) is 11.8. The molecular formula is C26H30FN7O. The van der Waals surface area contributed by atoms with E-state index in [1.54, 1.807) is 12.1 Å². The minimum atomic E-state index is -0.639. The van der Waals surface area contributed by atoms with Crippen LogP contribution in [0.2, 0.25) is 0 Å². The number of anilines is 2. The number of nitrogens with zero attached hydrogens (tertiary/aromatic N) is 6. The van der Waals surface area contributed by atoms with E-state index in [1.807, 2.05) is 26.0 Å². The number of epoxide rings is 1. The summed E-state index contributed by atoms with van der Waals surface area (Å²) < 4.78 is 21.9. The Morgan fingerprint density at radius 3 is 2.49 bits per heavy atom.